The molecule has 7 nitrogen and oxygen atoms in total. The van der Waals surface area contributed by atoms with Gasteiger partial charge in [-0.2, -0.15) is 5.10 Å². The third-order valence-corrected chi connectivity index (χ3v) is 4.44. The molecule has 0 radical (unpaired) electrons. The van der Waals surface area contributed by atoms with Gasteiger partial charge in [-0.1, -0.05) is 18.2 Å². The number of hydrogen-bond acceptors (Lipinski definition) is 4. The summed E-state index contributed by atoms with van der Waals surface area (Å²) in [5, 5.41) is 16.5. The number of amides is 2. The lowest BCUT2D eigenvalue weighted by molar-refractivity contribution is -0.122. The van der Waals surface area contributed by atoms with E-state index in [1.165, 1.54) is 0 Å². The van der Waals surface area contributed by atoms with Crippen molar-refractivity contribution in [2.45, 2.75) is 25.8 Å². The number of fused-ring (bicyclic) bond motifs is 1. The van der Waals surface area contributed by atoms with Gasteiger partial charge in [0.05, 0.1) is 5.52 Å². The van der Waals surface area contributed by atoms with Crippen molar-refractivity contribution in [3.8, 4) is 0 Å². The molecule has 2 unspecified atom stereocenters. The Morgan fingerprint density at radius 3 is 3.00 bits per heavy atom. The Morgan fingerprint density at radius 1 is 1.38 bits per heavy atom. The van der Waals surface area contributed by atoms with Gasteiger partial charge in [-0.3, -0.25) is 14.7 Å². The van der Waals surface area contributed by atoms with Crippen LogP contribution in [0.5, 0.6) is 0 Å². The van der Waals surface area contributed by atoms with E-state index in [4.69, 9.17) is 0 Å². The van der Waals surface area contributed by atoms with E-state index in [2.05, 4.69) is 26.1 Å². The normalized spacial score (nSPS) is 18.5. The van der Waals surface area contributed by atoms with Gasteiger partial charge in [0.1, 0.15) is 6.04 Å². The van der Waals surface area contributed by atoms with Crippen LogP contribution in [0.25, 0.3) is 10.9 Å². The number of nitrogens with zero attached hydrogens (tertiary/aromatic N) is 1. The highest BCUT2D eigenvalue weighted by atomic mass is 16.2. The van der Waals surface area contributed by atoms with Crippen molar-refractivity contribution in [2.75, 3.05) is 19.6 Å². The Balaban J connectivity index is 1.50. The Morgan fingerprint density at radius 2 is 2.21 bits per heavy atom. The van der Waals surface area contributed by atoms with Crippen LogP contribution < -0.4 is 16.0 Å². The van der Waals surface area contributed by atoms with E-state index in [1.54, 1.807) is 6.92 Å². The van der Waals surface area contributed by atoms with Crippen molar-refractivity contribution < 1.29 is 9.59 Å². The molecule has 0 saturated carbocycles. The Bertz CT molecular complexity index is 721. The zero-order chi connectivity index (χ0) is 16.9. The Kier molecular flexibility index (Phi) is 5.10. The molecule has 7 heteroatoms. The van der Waals surface area contributed by atoms with E-state index in [1.807, 2.05) is 24.3 Å². The maximum absolute atomic E-state index is 12.3. The number of carbonyl (C=O) groups is 2. The molecule has 1 aromatic carbocycles. The molecule has 0 aliphatic carbocycles. The van der Waals surface area contributed by atoms with Gasteiger partial charge < -0.3 is 16.0 Å². The second kappa shape index (κ2) is 7.44. The average Bonchev–Trinajstić information content (AvgIpc) is 3.24. The van der Waals surface area contributed by atoms with E-state index < -0.39 is 6.04 Å². The second-order valence-corrected chi connectivity index (χ2v) is 6.25. The van der Waals surface area contributed by atoms with E-state index in [-0.39, 0.29) is 11.8 Å². The van der Waals surface area contributed by atoms with E-state index in [0.29, 0.717) is 18.2 Å². The van der Waals surface area contributed by atoms with E-state index in [0.717, 1.165) is 36.8 Å². The van der Waals surface area contributed by atoms with Crippen LogP contribution in [0.15, 0.2) is 24.3 Å². The molecule has 1 aliphatic heterocycles. The number of hydrogen-bond donors (Lipinski definition) is 4. The molecule has 2 heterocycles. The fourth-order valence-corrected chi connectivity index (χ4v) is 2.98. The van der Waals surface area contributed by atoms with Crippen LogP contribution in [-0.4, -0.2) is 47.7 Å². The van der Waals surface area contributed by atoms with Crippen LogP contribution in [0, 0.1) is 5.92 Å². The van der Waals surface area contributed by atoms with Gasteiger partial charge in [-0.15, -0.1) is 0 Å². The first-order valence-electron chi connectivity index (χ1n) is 8.37. The first kappa shape index (κ1) is 16.4. The first-order valence-corrected chi connectivity index (χ1v) is 8.37. The number of rotatable bonds is 6. The van der Waals surface area contributed by atoms with Crippen molar-refractivity contribution >= 4 is 22.7 Å². The number of aromatic amines is 1. The predicted molar refractivity (Wildman–Crippen MR) is 91.6 cm³/mol. The molecule has 4 N–H and O–H groups in total. The molecule has 128 valence electrons. The lowest BCUT2D eigenvalue weighted by Gasteiger charge is -2.14. The van der Waals surface area contributed by atoms with Crippen molar-refractivity contribution in [3.05, 3.63) is 30.0 Å². The molecule has 0 bridgehead atoms. The van der Waals surface area contributed by atoms with Crippen LogP contribution in [0.4, 0.5) is 0 Å². The van der Waals surface area contributed by atoms with Gasteiger partial charge >= 0.3 is 0 Å². The number of para-hydroxylation sites is 1. The number of aromatic nitrogens is 2. The van der Waals surface area contributed by atoms with Crippen molar-refractivity contribution in [1.82, 2.24) is 26.1 Å². The minimum atomic E-state index is -0.602. The summed E-state index contributed by atoms with van der Waals surface area (Å²) in [5.74, 6) is 0.106. The SMILES string of the molecule is CC(NC(=O)c1n[nH]c2ccccc12)C(=O)NCCC1CCNC1. The summed E-state index contributed by atoms with van der Waals surface area (Å²) in [7, 11) is 0. The first-order chi connectivity index (χ1) is 11.6. The van der Waals surface area contributed by atoms with Crippen LogP contribution >= 0.6 is 0 Å². The van der Waals surface area contributed by atoms with Crippen molar-refractivity contribution in [1.29, 1.82) is 0 Å². The van der Waals surface area contributed by atoms with Crippen LogP contribution in [0.1, 0.15) is 30.3 Å². The number of carbonyl (C=O) groups excluding carboxylic acids is 2. The van der Waals surface area contributed by atoms with Gasteiger partial charge in [-0.05, 0) is 44.8 Å². The largest absolute Gasteiger partial charge is 0.354 e. The summed E-state index contributed by atoms with van der Waals surface area (Å²) >= 11 is 0. The number of H-pyrrole nitrogens is 1. The summed E-state index contributed by atoms with van der Waals surface area (Å²) in [6.45, 7) is 4.40. The Hall–Kier alpha value is -2.41. The fraction of sp³-hybridized carbons (Fsp3) is 0.471. The summed E-state index contributed by atoms with van der Waals surface area (Å²) in [6.07, 6.45) is 2.12. The molecular formula is C17H23N5O2. The fourth-order valence-electron chi connectivity index (χ4n) is 2.98. The summed E-state index contributed by atoms with van der Waals surface area (Å²) in [6, 6.07) is 6.80. The van der Waals surface area contributed by atoms with E-state index >= 15 is 0 Å². The lowest BCUT2D eigenvalue weighted by Crippen LogP contribution is -2.45. The molecule has 1 fully saturated rings. The maximum atomic E-state index is 12.3. The van der Waals surface area contributed by atoms with Crippen LogP contribution in [-0.2, 0) is 4.79 Å². The smallest absolute Gasteiger partial charge is 0.273 e. The minimum Gasteiger partial charge on any atom is -0.354 e. The lowest BCUT2D eigenvalue weighted by atomic mass is 10.1. The molecule has 1 aliphatic rings. The molecule has 24 heavy (non-hydrogen) atoms. The van der Waals surface area contributed by atoms with Gasteiger partial charge in [0.2, 0.25) is 5.91 Å². The van der Waals surface area contributed by atoms with Gasteiger partial charge in [0, 0.05) is 11.9 Å². The summed E-state index contributed by atoms with van der Waals surface area (Å²) in [5.41, 5.74) is 1.10. The monoisotopic (exact) mass is 329 g/mol. The second-order valence-electron chi connectivity index (χ2n) is 6.25. The van der Waals surface area contributed by atoms with E-state index in [9.17, 15) is 9.59 Å². The molecule has 2 atom stereocenters. The zero-order valence-electron chi connectivity index (χ0n) is 13.8. The molecule has 0 spiro atoms. The maximum Gasteiger partial charge on any atom is 0.273 e. The zero-order valence-corrected chi connectivity index (χ0v) is 13.8. The summed E-state index contributed by atoms with van der Waals surface area (Å²) in [4.78, 5) is 24.5. The van der Waals surface area contributed by atoms with Gasteiger partial charge in [-0.25, -0.2) is 0 Å². The molecule has 1 saturated heterocycles. The molecule has 2 aromatic rings. The number of benzene rings is 1. The third-order valence-electron chi connectivity index (χ3n) is 4.44. The quantitative estimate of drug-likeness (QED) is 0.630. The van der Waals surface area contributed by atoms with Crippen LogP contribution in [0.3, 0.4) is 0 Å². The van der Waals surface area contributed by atoms with Gasteiger partial charge in [0.15, 0.2) is 5.69 Å². The minimum absolute atomic E-state index is 0.172. The summed E-state index contributed by atoms with van der Waals surface area (Å²) < 4.78 is 0. The topological polar surface area (TPSA) is 98.9 Å². The van der Waals surface area contributed by atoms with Crippen molar-refractivity contribution in [2.24, 2.45) is 5.92 Å². The molecule has 3 rings (SSSR count). The van der Waals surface area contributed by atoms with Gasteiger partial charge in [0.25, 0.3) is 5.91 Å². The predicted octanol–water partition coefficient (Wildman–Crippen LogP) is 0.797. The third kappa shape index (κ3) is 3.73. The Labute approximate surface area is 140 Å². The molecular weight excluding hydrogens is 306 g/mol. The highest BCUT2D eigenvalue weighted by Gasteiger charge is 2.20. The molecule has 1 aromatic heterocycles. The van der Waals surface area contributed by atoms with Crippen LogP contribution in [0.2, 0.25) is 0 Å². The average molecular weight is 329 g/mol. The van der Waals surface area contributed by atoms with Crippen molar-refractivity contribution in [3.63, 3.8) is 0 Å². The molecule has 2 amide bonds. The highest BCUT2D eigenvalue weighted by molar-refractivity contribution is 6.05. The highest BCUT2D eigenvalue weighted by Crippen LogP contribution is 2.15. The number of nitrogens with one attached hydrogen (secondary N) is 4. The standard InChI is InChI=1S/C17H23N5O2/c1-11(16(23)19-9-7-12-6-8-18-10-12)20-17(24)15-13-4-2-3-5-14(13)21-22-15/h2-5,11-12,18H,6-10H2,1H3,(H,19,23)(H,20,24)(H,21,22).